The van der Waals surface area contributed by atoms with Crippen molar-refractivity contribution in [3.63, 3.8) is 0 Å². The molecule has 0 radical (unpaired) electrons. The highest BCUT2D eigenvalue weighted by Crippen LogP contribution is 1.99. The number of aliphatic hydroxyl groups is 1. The molecule has 0 aromatic carbocycles. The van der Waals surface area contributed by atoms with E-state index < -0.39 is 0 Å². The Morgan fingerprint density at radius 2 is 1.92 bits per heavy atom. The number of nitrogens with two attached hydrogens (primary N) is 1. The van der Waals surface area contributed by atoms with Gasteiger partial charge >= 0.3 is 0 Å². The van der Waals surface area contributed by atoms with E-state index in [1.54, 1.807) is 12.4 Å². The van der Waals surface area contributed by atoms with Gasteiger partial charge in [0.15, 0.2) is 0 Å². The van der Waals surface area contributed by atoms with Crippen molar-refractivity contribution in [1.82, 2.24) is 4.98 Å². The van der Waals surface area contributed by atoms with Gasteiger partial charge in [-0.3, -0.25) is 4.98 Å². The second-order valence-electron chi connectivity index (χ2n) is 2.59. The van der Waals surface area contributed by atoms with Gasteiger partial charge in [0.25, 0.3) is 0 Å². The van der Waals surface area contributed by atoms with Crippen LogP contribution in [-0.2, 0) is 6.42 Å². The molecule has 74 valence electrons. The van der Waals surface area contributed by atoms with Crippen molar-refractivity contribution in [2.24, 2.45) is 5.73 Å². The maximum Gasteiger partial charge on any atom is 0.0434 e. The lowest BCUT2D eigenvalue weighted by Crippen LogP contribution is -1.88. The predicted molar refractivity (Wildman–Crippen MR) is 54.4 cm³/mol. The molecule has 0 saturated carbocycles. The molecule has 3 nitrogen and oxygen atoms in total. The van der Waals surface area contributed by atoms with E-state index in [0.717, 1.165) is 19.4 Å². The molecule has 0 amide bonds. The molecule has 0 aliphatic heterocycles. The molecule has 1 heterocycles. The fourth-order valence-corrected chi connectivity index (χ4v) is 0.833. The van der Waals surface area contributed by atoms with Crippen molar-refractivity contribution < 1.29 is 5.11 Å². The van der Waals surface area contributed by atoms with Crippen LogP contribution in [0.4, 0.5) is 0 Å². The first-order valence-corrected chi connectivity index (χ1v) is 4.55. The van der Waals surface area contributed by atoms with Crippen LogP contribution < -0.4 is 5.73 Å². The maximum atomic E-state index is 8.51. The summed E-state index contributed by atoms with van der Waals surface area (Å²) in [5, 5.41) is 8.51. The van der Waals surface area contributed by atoms with Gasteiger partial charge in [-0.15, -0.1) is 0 Å². The van der Waals surface area contributed by atoms with Gasteiger partial charge in [-0.1, -0.05) is 6.92 Å². The van der Waals surface area contributed by atoms with E-state index in [2.05, 4.69) is 4.98 Å². The van der Waals surface area contributed by atoms with Crippen molar-refractivity contribution in [1.29, 1.82) is 0 Å². The first-order chi connectivity index (χ1) is 6.35. The third kappa shape index (κ3) is 7.43. The topological polar surface area (TPSA) is 59.1 Å². The number of rotatable bonds is 3. The Morgan fingerprint density at radius 1 is 1.38 bits per heavy atom. The van der Waals surface area contributed by atoms with Gasteiger partial charge in [0.05, 0.1) is 0 Å². The van der Waals surface area contributed by atoms with E-state index >= 15 is 0 Å². The van der Waals surface area contributed by atoms with Gasteiger partial charge in [-0.25, -0.2) is 0 Å². The average Bonchev–Trinajstić information content (AvgIpc) is 2.18. The molecule has 0 atom stereocenters. The lowest BCUT2D eigenvalue weighted by molar-refractivity contribution is 0.288. The van der Waals surface area contributed by atoms with Crippen molar-refractivity contribution >= 4 is 0 Å². The summed E-state index contributed by atoms with van der Waals surface area (Å²) >= 11 is 0. The van der Waals surface area contributed by atoms with E-state index in [-0.39, 0.29) is 6.61 Å². The maximum absolute atomic E-state index is 8.51. The van der Waals surface area contributed by atoms with Crippen LogP contribution in [0.5, 0.6) is 0 Å². The summed E-state index contributed by atoms with van der Waals surface area (Å²) in [6, 6.07) is 3.94. The van der Waals surface area contributed by atoms with E-state index in [1.165, 1.54) is 5.56 Å². The fraction of sp³-hybridized carbons (Fsp3) is 0.500. The predicted octanol–water partition coefficient (Wildman–Crippen LogP) is 0.971. The molecule has 0 bridgehead atoms. The number of aliphatic hydroxyl groups excluding tert-OH is 1. The summed E-state index contributed by atoms with van der Waals surface area (Å²) < 4.78 is 0. The zero-order valence-electron chi connectivity index (χ0n) is 8.11. The molecule has 3 N–H and O–H groups in total. The molecule has 0 fully saturated rings. The molecule has 1 aromatic rings. The fourth-order valence-electron chi connectivity index (χ4n) is 0.833. The minimum Gasteiger partial charge on any atom is -0.396 e. The Balaban J connectivity index is 0.000000424. The monoisotopic (exact) mass is 182 g/mol. The summed E-state index contributed by atoms with van der Waals surface area (Å²) in [7, 11) is 0. The van der Waals surface area contributed by atoms with Crippen molar-refractivity contribution in [2.45, 2.75) is 19.8 Å². The van der Waals surface area contributed by atoms with Crippen LogP contribution in [0, 0.1) is 0 Å². The summed E-state index contributed by atoms with van der Waals surface area (Å²) in [5.74, 6) is 0. The minimum absolute atomic E-state index is 0.266. The molecule has 0 saturated heterocycles. The van der Waals surface area contributed by atoms with Crippen LogP contribution in [0.15, 0.2) is 24.5 Å². The van der Waals surface area contributed by atoms with Crippen LogP contribution >= 0.6 is 0 Å². The Labute approximate surface area is 79.6 Å². The lowest BCUT2D eigenvalue weighted by atomic mass is 10.1. The number of nitrogens with zero attached hydrogens (tertiary/aromatic N) is 1. The highest BCUT2D eigenvalue weighted by Gasteiger charge is 1.88. The molecule has 3 heteroatoms. The van der Waals surface area contributed by atoms with Crippen molar-refractivity contribution in [3.05, 3.63) is 30.1 Å². The van der Waals surface area contributed by atoms with Gasteiger partial charge < -0.3 is 10.8 Å². The molecular weight excluding hydrogens is 164 g/mol. The lowest BCUT2D eigenvalue weighted by Gasteiger charge is -1.95. The smallest absolute Gasteiger partial charge is 0.0434 e. The van der Waals surface area contributed by atoms with E-state index in [1.807, 2.05) is 19.1 Å². The summed E-state index contributed by atoms with van der Waals surface area (Å²) in [4.78, 5) is 3.89. The van der Waals surface area contributed by atoms with Crippen molar-refractivity contribution in [3.8, 4) is 0 Å². The van der Waals surface area contributed by atoms with E-state index in [4.69, 9.17) is 10.8 Å². The zero-order chi connectivity index (χ0) is 9.94. The van der Waals surface area contributed by atoms with E-state index in [9.17, 15) is 0 Å². The second-order valence-corrected chi connectivity index (χ2v) is 2.59. The molecule has 0 unspecified atom stereocenters. The average molecular weight is 182 g/mol. The normalized spacial score (nSPS) is 8.85. The molecule has 0 aliphatic carbocycles. The largest absolute Gasteiger partial charge is 0.396 e. The van der Waals surface area contributed by atoms with E-state index in [0.29, 0.717) is 0 Å². The Kier molecular flexibility index (Phi) is 8.51. The standard InChI is InChI=1S/C8H11NO.C2H7N/c10-7-1-2-8-3-5-9-6-4-8;1-2-3/h3-6,10H,1-2,7H2;2-3H2,1H3. The second kappa shape index (κ2) is 9.16. The SMILES string of the molecule is CCN.OCCCc1ccncc1. The Bertz CT molecular complexity index is 189. The third-order valence-corrected chi connectivity index (χ3v) is 1.37. The summed E-state index contributed by atoms with van der Waals surface area (Å²) in [6.07, 6.45) is 5.32. The number of aryl methyl sites for hydroxylation is 1. The Morgan fingerprint density at radius 3 is 2.38 bits per heavy atom. The minimum atomic E-state index is 0.266. The molecule has 0 aliphatic rings. The van der Waals surface area contributed by atoms with Gasteiger partial charge in [0, 0.05) is 19.0 Å². The van der Waals surface area contributed by atoms with Gasteiger partial charge in [0.2, 0.25) is 0 Å². The molecule has 1 aromatic heterocycles. The molecule has 13 heavy (non-hydrogen) atoms. The van der Waals surface area contributed by atoms with Gasteiger partial charge in [0.1, 0.15) is 0 Å². The van der Waals surface area contributed by atoms with Crippen molar-refractivity contribution in [2.75, 3.05) is 13.2 Å². The number of pyridine rings is 1. The molecule has 1 rings (SSSR count). The summed E-state index contributed by atoms with van der Waals surface area (Å²) in [6.45, 7) is 2.92. The molecule has 0 spiro atoms. The van der Waals surface area contributed by atoms with Crippen LogP contribution in [0.2, 0.25) is 0 Å². The third-order valence-electron chi connectivity index (χ3n) is 1.37. The van der Waals surface area contributed by atoms with Crippen LogP contribution in [-0.4, -0.2) is 23.2 Å². The first-order valence-electron chi connectivity index (χ1n) is 4.55. The van der Waals surface area contributed by atoms with Crippen LogP contribution in [0.1, 0.15) is 18.9 Å². The van der Waals surface area contributed by atoms with Gasteiger partial charge in [-0.05, 0) is 37.1 Å². The highest BCUT2D eigenvalue weighted by atomic mass is 16.2. The quantitative estimate of drug-likeness (QED) is 0.732. The van der Waals surface area contributed by atoms with Crippen LogP contribution in [0.25, 0.3) is 0 Å². The zero-order valence-corrected chi connectivity index (χ0v) is 8.11. The number of hydrogen-bond acceptors (Lipinski definition) is 3. The molecular formula is C10H18N2O. The summed E-state index contributed by atoms with van der Waals surface area (Å²) in [5.41, 5.74) is 6.09. The number of hydrogen-bond donors (Lipinski definition) is 2. The Hall–Kier alpha value is -0.930. The first kappa shape index (κ1) is 12.1. The van der Waals surface area contributed by atoms with Gasteiger partial charge in [-0.2, -0.15) is 0 Å². The highest BCUT2D eigenvalue weighted by molar-refractivity contribution is 5.09. The van der Waals surface area contributed by atoms with Crippen LogP contribution in [0.3, 0.4) is 0 Å². The number of aromatic nitrogens is 1.